The van der Waals surface area contributed by atoms with E-state index in [9.17, 15) is 17.6 Å². The van der Waals surface area contributed by atoms with Crippen molar-refractivity contribution in [1.29, 1.82) is 0 Å². The molecule has 0 bridgehead atoms. The standard InChI is InChI=1S/C23H28FNO3S/c1-23(2,18-11-13-19(24)14-12-18)22(26)25-20-8-6-7-17(15-20)16-29(27,28)21-9-4-3-5-10-21/h6-8,11-15,21H,3-5,9-10,16H2,1-2H3,(H,25,26). The van der Waals surface area contributed by atoms with Gasteiger partial charge in [0.1, 0.15) is 5.82 Å². The molecule has 1 saturated carbocycles. The predicted molar refractivity (Wildman–Crippen MR) is 114 cm³/mol. The van der Waals surface area contributed by atoms with Crippen LogP contribution in [0.25, 0.3) is 0 Å². The first kappa shape index (κ1) is 21.5. The number of carbonyl (C=O) groups excluding carboxylic acids is 1. The zero-order chi connectivity index (χ0) is 21.1. The molecule has 0 heterocycles. The molecular weight excluding hydrogens is 389 g/mol. The Hall–Kier alpha value is -2.21. The fourth-order valence-corrected chi connectivity index (χ4v) is 5.73. The third kappa shape index (κ3) is 5.24. The van der Waals surface area contributed by atoms with E-state index in [1.807, 2.05) is 0 Å². The highest BCUT2D eigenvalue weighted by atomic mass is 32.2. The van der Waals surface area contributed by atoms with E-state index in [4.69, 9.17) is 0 Å². The van der Waals surface area contributed by atoms with Crippen molar-refractivity contribution in [1.82, 2.24) is 0 Å². The van der Waals surface area contributed by atoms with Gasteiger partial charge in [0.15, 0.2) is 9.84 Å². The second-order valence-corrected chi connectivity index (χ2v) is 10.6. The van der Waals surface area contributed by atoms with Crippen molar-refractivity contribution in [2.45, 2.75) is 62.4 Å². The van der Waals surface area contributed by atoms with Crippen LogP contribution < -0.4 is 5.32 Å². The van der Waals surface area contributed by atoms with Gasteiger partial charge in [-0.1, -0.05) is 43.5 Å². The number of rotatable bonds is 6. The van der Waals surface area contributed by atoms with Gasteiger partial charge >= 0.3 is 0 Å². The van der Waals surface area contributed by atoms with E-state index in [1.165, 1.54) is 12.1 Å². The van der Waals surface area contributed by atoms with Crippen LogP contribution in [0.3, 0.4) is 0 Å². The maximum absolute atomic E-state index is 13.2. The van der Waals surface area contributed by atoms with Crippen molar-refractivity contribution >= 4 is 21.4 Å². The van der Waals surface area contributed by atoms with Crippen molar-refractivity contribution in [2.24, 2.45) is 0 Å². The van der Waals surface area contributed by atoms with Gasteiger partial charge in [0.05, 0.1) is 16.4 Å². The zero-order valence-electron chi connectivity index (χ0n) is 16.9. The molecule has 2 aromatic carbocycles. The molecule has 6 heteroatoms. The minimum Gasteiger partial charge on any atom is -0.325 e. The van der Waals surface area contributed by atoms with Crippen LogP contribution in [0, 0.1) is 5.82 Å². The van der Waals surface area contributed by atoms with Gasteiger partial charge in [0, 0.05) is 5.69 Å². The normalized spacial score (nSPS) is 15.8. The fraction of sp³-hybridized carbons (Fsp3) is 0.435. The summed E-state index contributed by atoms with van der Waals surface area (Å²) < 4.78 is 38.7. The molecular formula is C23H28FNO3S. The highest BCUT2D eigenvalue weighted by Gasteiger charge is 2.30. The highest BCUT2D eigenvalue weighted by molar-refractivity contribution is 7.91. The Kier molecular flexibility index (Phi) is 6.42. The first-order valence-electron chi connectivity index (χ1n) is 10.1. The molecule has 0 radical (unpaired) electrons. The number of halogens is 1. The largest absolute Gasteiger partial charge is 0.325 e. The lowest BCUT2D eigenvalue weighted by molar-refractivity contribution is -0.120. The van der Waals surface area contributed by atoms with Crippen LogP contribution in [-0.2, 0) is 25.8 Å². The summed E-state index contributed by atoms with van der Waals surface area (Å²) >= 11 is 0. The van der Waals surface area contributed by atoms with Gasteiger partial charge in [-0.3, -0.25) is 4.79 Å². The van der Waals surface area contributed by atoms with Crippen LogP contribution in [0.5, 0.6) is 0 Å². The molecule has 1 aliphatic rings. The second-order valence-electron chi connectivity index (χ2n) is 8.35. The van der Waals surface area contributed by atoms with Gasteiger partial charge in [0.25, 0.3) is 0 Å². The SMILES string of the molecule is CC(C)(C(=O)Nc1cccc(CS(=O)(=O)C2CCCCC2)c1)c1ccc(F)cc1. The summed E-state index contributed by atoms with van der Waals surface area (Å²) in [6, 6.07) is 12.9. The molecule has 1 N–H and O–H groups in total. The van der Waals surface area contributed by atoms with Gasteiger partial charge < -0.3 is 5.32 Å². The molecule has 1 aliphatic carbocycles. The lowest BCUT2D eigenvalue weighted by atomic mass is 9.83. The summed E-state index contributed by atoms with van der Waals surface area (Å²) in [5.41, 5.74) is 1.07. The minimum atomic E-state index is -3.21. The summed E-state index contributed by atoms with van der Waals surface area (Å²) in [5, 5.41) is 2.62. The maximum atomic E-state index is 13.2. The monoisotopic (exact) mass is 417 g/mol. The summed E-state index contributed by atoms with van der Waals surface area (Å²) in [4.78, 5) is 12.8. The summed E-state index contributed by atoms with van der Waals surface area (Å²) in [6.45, 7) is 3.54. The molecule has 1 amide bonds. The Labute approximate surface area is 172 Å². The molecule has 4 nitrogen and oxygen atoms in total. The van der Waals surface area contributed by atoms with Crippen LogP contribution in [0.1, 0.15) is 57.1 Å². The fourth-order valence-electron chi connectivity index (χ4n) is 3.80. The van der Waals surface area contributed by atoms with Crippen LogP contribution in [-0.4, -0.2) is 19.6 Å². The number of carbonyl (C=O) groups is 1. The van der Waals surface area contributed by atoms with E-state index in [1.54, 1.807) is 50.2 Å². The molecule has 1 fully saturated rings. The maximum Gasteiger partial charge on any atom is 0.234 e. The third-order valence-electron chi connectivity index (χ3n) is 5.75. The molecule has 2 aromatic rings. The molecule has 0 spiro atoms. The zero-order valence-corrected chi connectivity index (χ0v) is 17.8. The predicted octanol–water partition coefficient (Wildman–Crippen LogP) is 4.99. The van der Waals surface area contributed by atoms with E-state index in [2.05, 4.69) is 5.32 Å². The van der Waals surface area contributed by atoms with Crippen LogP contribution in [0.2, 0.25) is 0 Å². The average Bonchev–Trinajstić information content (AvgIpc) is 2.69. The first-order chi connectivity index (χ1) is 13.7. The van der Waals surface area contributed by atoms with Crippen molar-refractivity contribution in [3.05, 3.63) is 65.5 Å². The van der Waals surface area contributed by atoms with E-state index < -0.39 is 15.3 Å². The Morgan fingerprint density at radius 3 is 2.38 bits per heavy atom. The molecule has 3 rings (SSSR count). The van der Waals surface area contributed by atoms with Crippen molar-refractivity contribution < 1.29 is 17.6 Å². The average molecular weight is 418 g/mol. The molecule has 0 unspecified atom stereocenters. The minimum absolute atomic E-state index is 0.0112. The van der Waals surface area contributed by atoms with E-state index in [0.717, 1.165) is 32.1 Å². The highest BCUT2D eigenvalue weighted by Crippen LogP contribution is 2.28. The van der Waals surface area contributed by atoms with E-state index >= 15 is 0 Å². The molecule has 0 aromatic heterocycles. The van der Waals surface area contributed by atoms with Crippen molar-refractivity contribution in [2.75, 3.05) is 5.32 Å². The lowest BCUT2D eigenvalue weighted by Crippen LogP contribution is -2.34. The summed E-state index contributed by atoms with van der Waals surface area (Å²) in [5.74, 6) is -0.601. The molecule has 0 saturated heterocycles. The number of nitrogens with one attached hydrogen (secondary N) is 1. The molecule has 156 valence electrons. The van der Waals surface area contributed by atoms with Gasteiger partial charge in [-0.25, -0.2) is 12.8 Å². The Balaban J connectivity index is 1.72. The third-order valence-corrected chi connectivity index (χ3v) is 7.97. The Morgan fingerprint density at radius 1 is 1.07 bits per heavy atom. The second kappa shape index (κ2) is 8.66. The van der Waals surface area contributed by atoms with Gasteiger partial charge in [-0.05, 0) is 62.1 Å². The lowest BCUT2D eigenvalue weighted by Gasteiger charge is -2.24. The van der Waals surface area contributed by atoms with Gasteiger partial charge in [-0.15, -0.1) is 0 Å². The molecule has 0 aliphatic heterocycles. The first-order valence-corrected chi connectivity index (χ1v) is 11.8. The Morgan fingerprint density at radius 2 is 1.72 bits per heavy atom. The molecule has 29 heavy (non-hydrogen) atoms. The van der Waals surface area contributed by atoms with Gasteiger partial charge in [-0.2, -0.15) is 0 Å². The number of hydrogen-bond acceptors (Lipinski definition) is 3. The van der Waals surface area contributed by atoms with Crippen LogP contribution in [0.4, 0.5) is 10.1 Å². The molecule has 0 atom stereocenters. The van der Waals surface area contributed by atoms with Crippen LogP contribution in [0.15, 0.2) is 48.5 Å². The number of amides is 1. The number of hydrogen-bond donors (Lipinski definition) is 1. The van der Waals surface area contributed by atoms with E-state index in [0.29, 0.717) is 16.8 Å². The quantitative estimate of drug-likeness (QED) is 0.720. The summed E-state index contributed by atoms with van der Waals surface area (Å²) in [7, 11) is -3.21. The topological polar surface area (TPSA) is 63.2 Å². The number of benzene rings is 2. The number of anilines is 1. The van der Waals surface area contributed by atoms with Crippen LogP contribution >= 0.6 is 0 Å². The Bertz CT molecular complexity index is 962. The van der Waals surface area contributed by atoms with Crippen molar-refractivity contribution in [3.63, 3.8) is 0 Å². The smallest absolute Gasteiger partial charge is 0.234 e. The summed E-state index contributed by atoms with van der Waals surface area (Å²) in [6.07, 6.45) is 4.53. The van der Waals surface area contributed by atoms with Gasteiger partial charge in [0.2, 0.25) is 5.91 Å². The van der Waals surface area contributed by atoms with E-state index in [-0.39, 0.29) is 22.7 Å². The number of sulfone groups is 1. The van der Waals surface area contributed by atoms with Crippen molar-refractivity contribution in [3.8, 4) is 0 Å².